The van der Waals surface area contributed by atoms with E-state index >= 15 is 0 Å². The van der Waals surface area contributed by atoms with Crippen LogP contribution in [0.4, 0.5) is 5.69 Å². The van der Waals surface area contributed by atoms with Gasteiger partial charge in [-0.2, -0.15) is 0 Å². The predicted octanol–water partition coefficient (Wildman–Crippen LogP) is 1.45. The van der Waals surface area contributed by atoms with Gasteiger partial charge in [0.2, 0.25) is 5.91 Å². The average Bonchev–Trinajstić information content (AvgIpc) is 3.20. The van der Waals surface area contributed by atoms with Crippen molar-refractivity contribution < 1.29 is 4.79 Å². The molecule has 19 heavy (non-hydrogen) atoms. The Kier molecular flexibility index (Phi) is 3.80. The highest BCUT2D eigenvalue weighted by Crippen LogP contribution is 2.30. The summed E-state index contributed by atoms with van der Waals surface area (Å²) in [6.45, 7) is 2.72. The van der Waals surface area contributed by atoms with E-state index in [1.807, 2.05) is 50.2 Å². The summed E-state index contributed by atoms with van der Waals surface area (Å²) in [5.74, 6) is 0.380. The summed E-state index contributed by atoms with van der Waals surface area (Å²) in [7, 11) is 3.99. The molecule has 1 fully saturated rings. The number of nitrogens with zero attached hydrogens (tertiary/aromatic N) is 1. The smallest absolute Gasteiger partial charge is 0.242 e. The van der Waals surface area contributed by atoms with E-state index in [4.69, 9.17) is 5.73 Å². The van der Waals surface area contributed by atoms with E-state index < -0.39 is 5.54 Å². The van der Waals surface area contributed by atoms with Crippen LogP contribution in [0.25, 0.3) is 0 Å². The molecular weight excluding hydrogens is 238 g/mol. The molecule has 3 N–H and O–H groups in total. The summed E-state index contributed by atoms with van der Waals surface area (Å²) >= 11 is 0. The molecule has 0 aromatic heterocycles. The van der Waals surface area contributed by atoms with Gasteiger partial charge in [0.1, 0.15) is 5.54 Å². The molecule has 0 aliphatic heterocycles. The SMILES string of the molecule is CN(C)c1ccc(C(C)(NCC2CC2)C(N)=O)cc1. The first kappa shape index (κ1) is 13.9. The lowest BCUT2D eigenvalue weighted by Crippen LogP contribution is -2.51. The van der Waals surface area contributed by atoms with Crippen LogP contribution in [0.15, 0.2) is 24.3 Å². The molecule has 4 nitrogen and oxygen atoms in total. The topological polar surface area (TPSA) is 58.4 Å². The number of carbonyl (C=O) groups excluding carboxylic acids is 1. The summed E-state index contributed by atoms with van der Waals surface area (Å²) in [5, 5.41) is 3.33. The molecule has 1 aliphatic rings. The quantitative estimate of drug-likeness (QED) is 0.815. The van der Waals surface area contributed by atoms with Crippen molar-refractivity contribution in [2.45, 2.75) is 25.3 Å². The van der Waals surface area contributed by atoms with Crippen molar-refractivity contribution in [2.24, 2.45) is 11.7 Å². The molecule has 0 saturated heterocycles. The van der Waals surface area contributed by atoms with Crippen molar-refractivity contribution in [2.75, 3.05) is 25.5 Å². The fraction of sp³-hybridized carbons (Fsp3) is 0.533. The molecular formula is C15H23N3O. The van der Waals surface area contributed by atoms with Crippen molar-refractivity contribution in [1.29, 1.82) is 0 Å². The molecule has 1 amide bonds. The van der Waals surface area contributed by atoms with E-state index in [9.17, 15) is 4.79 Å². The Morgan fingerprint density at radius 3 is 2.37 bits per heavy atom. The minimum Gasteiger partial charge on any atom is -0.378 e. The summed E-state index contributed by atoms with van der Waals surface area (Å²) in [6.07, 6.45) is 2.50. The lowest BCUT2D eigenvalue weighted by Gasteiger charge is -2.28. The van der Waals surface area contributed by atoms with Crippen LogP contribution < -0.4 is 16.0 Å². The van der Waals surface area contributed by atoms with Crippen molar-refractivity contribution in [1.82, 2.24) is 5.32 Å². The van der Waals surface area contributed by atoms with Crippen LogP contribution in [0.3, 0.4) is 0 Å². The maximum atomic E-state index is 11.8. The highest BCUT2D eigenvalue weighted by atomic mass is 16.1. The predicted molar refractivity (Wildman–Crippen MR) is 78.0 cm³/mol. The molecule has 1 saturated carbocycles. The Morgan fingerprint density at radius 2 is 1.95 bits per heavy atom. The fourth-order valence-electron chi connectivity index (χ4n) is 2.09. The van der Waals surface area contributed by atoms with Crippen LogP contribution in [-0.4, -0.2) is 26.5 Å². The molecule has 104 valence electrons. The zero-order valence-electron chi connectivity index (χ0n) is 11.9. The number of hydrogen-bond donors (Lipinski definition) is 2. The summed E-state index contributed by atoms with van der Waals surface area (Å²) in [4.78, 5) is 13.9. The molecule has 1 aromatic rings. The van der Waals surface area contributed by atoms with Gasteiger partial charge in [0.15, 0.2) is 0 Å². The van der Waals surface area contributed by atoms with Gasteiger partial charge in [-0.05, 0) is 49.9 Å². The summed E-state index contributed by atoms with van der Waals surface area (Å²) in [5.41, 5.74) is 6.84. The van der Waals surface area contributed by atoms with Crippen molar-refractivity contribution in [3.05, 3.63) is 29.8 Å². The number of anilines is 1. The number of hydrogen-bond acceptors (Lipinski definition) is 3. The third-order valence-electron chi connectivity index (χ3n) is 3.90. The van der Waals surface area contributed by atoms with Crippen LogP contribution in [0.2, 0.25) is 0 Å². The molecule has 0 heterocycles. The molecule has 1 unspecified atom stereocenters. The molecule has 0 bridgehead atoms. The zero-order valence-corrected chi connectivity index (χ0v) is 11.9. The summed E-state index contributed by atoms with van der Waals surface area (Å²) < 4.78 is 0. The molecule has 2 rings (SSSR count). The maximum absolute atomic E-state index is 11.8. The normalized spacial score (nSPS) is 17.8. The standard InChI is InChI=1S/C15H23N3O/c1-15(14(16)19,17-10-11-4-5-11)12-6-8-13(9-7-12)18(2)3/h6-9,11,17H,4-5,10H2,1-3H3,(H2,16,19). The Hall–Kier alpha value is -1.55. The van der Waals surface area contributed by atoms with E-state index in [0.29, 0.717) is 5.92 Å². The number of amides is 1. The molecule has 4 heteroatoms. The average molecular weight is 261 g/mol. The zero-order chi connectivity index (χ0) is 14.0. The molecule has 1 aromatic carbocycles. The van der Waals surface area contributed by atoms with Gasteiger partial charge in [-0.3, -0.25) is 10.1 Å². The van der Waals surface area contributed by atoms with E-state index in [1.165, 1.54) is 12.8 Å². The lowest BCUT2D eigenvalue weighted by atomic mass is 9.90. The van der Waals surface area contributed by atoms with Crippen LogP contribution in [-0.2, 0) is 10.3 Å². The van der Waals surface area contributed by atoms with Gasteiger partial charge in [0.05, 0.1) is 0 Å². The van der Waals surface area contributed by atoms with Crippen LogP contribution in [0.1, 0.15) is 25.3 Å². The van der Waals surface area contributed by atoms with Gasteiger partial charge in [-0.25, -0.2) is 0 Å². The Balaban J connectivity index is 2.19. The molecule has 1 aliphatic carbocycles. The van der Waals surface area contributed by atoms with E-state index in [1.54, 1.807) is 0 Å². The van der Waals surface area contributed by atoms with E-state index in [0.717, 1.165) is 17.8 Å². The maximum Gasteiger partial charge on any atom is 0.242 e. The number of rotatable bonds is 6. The van der Waals surface area contributed by atoms with E-state index in [-0.39, 0.29) is 5.91 Å². The van der Waals surface area contributed by atoms with Crippen molar-refractivity contribution in [3.63, 3.8) is 0 Å². The van der Waals surface area contributed by atoms with Crippen LogP contribution >= 0.6 is 0 Å². The largest absolute Gasteiger partial charge is 0.378 e. The van der Waals surface area contributed by atoms with Crippen molar-refractivity contribution >= 4 is 11.6 Å². The van der Waals surface area contributed by atoms with Gasteiger partial charge < -0.3 is 10.6 Å². The van der Waals surface area contributed by atoms with Gasteiger partial charge in [0.25, 0.3) is 0 Å². The third-order valence-corrected chi connectivity index (χ3v) is 3.90. The first-order chi connectivity index (χ1) is 8.93. The fourth-order valence-corrected chi connectivity index (χ4v) is 2.09. The minimum absolute atomic E-state index is 0.328. The lowest BCUT2D eigenvalue weighted by molar-refractivity contribution is -0.124. The molecule has 0 spiro atoms. The van der Waals surface area contributed by atoms with Crippen molar-refractivity contribution in [3.8, 4) is 0 Å². The number of primary amides is 1. The van der Waals surface area contributed by atoms with Crippen LogP contribution in [0.5, 0.6) is 0 Å². The first-order valence-electron chi connectivity index (χ1n) is 6.76. The number of carbonyl (C=O) groups is 1. The van der Waals surface area contributed by atoms with Gasteiger partial charge in [-0.1, -0.05) is 12.1 Å². The molecule has 1 atom stereocenters. The third kappa shape index (κ3) is 3.07. The monoisotopic (exact) mass is 261 g/mol. The van der Waals surface area contributed by atoms with Crippen LogP contribution in [0, 0.1) is 5.92 Å². The van der Waals surface area contributed by atoms with Gasteiger partial charge >= 0.3 is 0 Å². The summed E-state index contributed by atoms with van der Waals surface area (Å²) in [6, 6.07) is 7.96. The number of nitrogens with one attached hydrogen (secondary N) is 1. The Labute approximate surface area is 115 Å². The second-order valence-electron chi connectivity index (χ2n) is 5.75. The minimum atomic E-state index is -0.784. The van der Waals surface area contributed by atoms with Gasteiger partial charge in [0, 0.05) is 19.8 Å². The second kappa shape index (κ2) is 5.21. The second-order valence-corrected chi connectivity index (χ2v) is 5.75. The Morgan fingerprint density at radius 1 is 1.37 bits per heavy atom. The first-order valence-corrected chi connectivity index (χ1v) is 6.76. The van der Waals surface area contributed by atoms with E-state index in [2.05, 4.69) is 5.32 Å². The molecule has 0 radical (unpaired) electrons. The number of benzene rings is 1. The number of nitrogens with two attached hydrogens (primary N) is 1. The highest BCUT2D eigenvalue weighted by molar-refractivity contribution is 5.85. The van der Waals surface area contributed by atoms with Gasteiger partial charge in [-0.15, -0.1) is 0 Å². The highest BCUT2D eigenvalue weighted by Gasteiger charge is 2.34. The Bertz CT molecular complexity index is 451.